The molecule has 0 aromatic heterocycles. The minimum Gasteiger partial charge on any atom is -0.352 e. The number of benzene rings is 3. The number of sulfonamides is 1. The van der Waals surface area contributed by atoms with Crippen molar-refractivity contribution in [3.8, 4) is 0 Å². The zero-order valence-electron chi connectivity index (χ0n) is 23.0. The van der Waals surface area contributed by atoms with Crippen LogP contribution in [0.1, 0.15) is 43.9 Å². The lowest BCUT2D eigenvalue weighted by Gasteiger charge is -2.32. The van der Waals surface area contributed by atoms with Crippen molar-refractivity contribution >= 4 is 39.1 Å². The van der Waals surface area contributed by atoms with Gasteiger partial charge in [-0.05, 0) is 70.0 Å². The summed E-state index contributed by atoms with van der Waals surface area (Å²) in [7, 11) is -4.10. The van der Waals surface area contributed by atoms with Crippen LogP contribution in [0.3, 0.4) is 0 Å². The van der Waals surface area contributed by atoms with Gasteiger partial charge in [-0.3, -0.25) is 13.9 Å². The molecule has 9 heteroatoms. The van der Waals surface area contributed by atoms with Crippen LogP contribution < -0.4 is 9.62 Å². The van der Waals surface area contributed by atoms with Crippen LogP contribution in [0, 0.1) is 13.8 Å². The lowest BCUT2D eigenvalue weighted by Crippen LogP contribution is -2.52. The van der Waals surface area contributed by atoms with Crippen molar-refractivity contribution in [1.29, 1.82) is 0 Å². The summed E-state index contributed by atoms with van der Waals surface area (Å²) in [6.07, 6.45) is 0.729. The summed E-state index contributed by atoms with van der Waals surface area (Å²) in [5.41, 5.74) is 2.87. The van der Waals surface area contributed by atoms with Crippen LogP contribution in [0.25, 0.3) is 0 Å². The zero-order valence-corrected chi connectivity index (χ0v) is 24.6. The Balaban J connectivity index is 2.03. The number of amides is 2. The number of carbonyl (C=O) groups is 2. The van der Waals surface area contributed by atoms with E-state index in [1.165, 1.54) is 17.0 Å². The maximum Gasteiger partial charge on any atom is 0.264 e. The van der Waals surface area contributed by atoms with Gasteiger partial charge in [-0.1, -0.05) is 72.1 Å². The third-order valence-electron chi connectivity index (χ3n) is 6.68. The smallest absolute Gasteiger partial charge is 0.264 e. The number of hydrogen-bond donors (Lipinski definition) is 1. The van der Waals surface area contributed by atoms with Gasteiger partial charge in [0.25, 0.3) is 10.0 Å². The summed E-state index contributed by atoms with van der Waals surface area (Å²) in [5.74, 6) is -0.856. The highest BCUT2D eigenvalue weighted by atomic mass is 35.5. The van der Waals surface area contributed by atoms with E-state index < -0.39 is 28.5 Å². The number of nitrogens with one attached hydrogen (secondary N) is 1. The number of aryl methyl sites for hydroxylation is 2. The third kappa shape index (κ3) is 7.61. The normalized spacial score (nSPS) is 12.9. The van der Waals surface area contributed by atoms with E-state index in [4.69, 9.17) is 11.6 Å². The minimum absolute atomic E-state index is 0.0416. The van der Waals surface area contributed by atoms with Gasteiger partial charge in [0.1, 0.15) is 12.6 Å². The lowest BCUT2D eigenvalue weighted by atomic mass is 10.1. The van der Waals surface area contributed by atoms with Crippen LogP contribution >= 0.6 is 11.6 Å². The molecule has 1 N–H and O–H groups in total. The van der Waals surface area contributed by atoms with E-state index in [9.17, 15) is 18.0 Å². The molecule has 3 aromatic rings. The van der Waals surface area contributed by atoms with Gasteiger partial charge in [-0.2, -0.15) is 0 Å². The van der Waals surface area contributed by atoms with Crippen LogP contribution in [0.2, 0.25) is 5.02 Å². The molecule has 0 heterocycles. The molecule has 0 fully saturated rings. The largest absolute Gasteiger partial charge is 0.352 e. The first kappa shape index (κ1) is 30.2. The summed E-state index contributed by atoms with van der Waals surface area (Å²) in [6, 6.07) is 19.5. The summed E-state index contributed by atoms with van der Waals surface area (Å²) in [5, 5.41) is 3.37. The van der Waals surface area contributed by atoms with E-state index in [0.717, 1.165) is 21.9 Å². The SMILES string of the molecule is CC[C@@H](C)NC(=O)[C@H](C)N(Cc1ccccc1Cl)C(=O)CN(c1ccc(C)cc1)S(=O)(=O)c1ccc(C)cc1. The number of anilines is 1. The van der Waals surface area contributed by atoms with Gasteiger partial charge in [-0.25, -0.2) is 8.42 Å². The van der Waals surface area contributed by atoms with Crippen molar-refractivity contribution in [1.82, 2.24) is 10.2 Å². The van der Waals surface area contributed by atoms with Gasteiger partial charge in [0, 0.05) is 17.6 Å². The van der Waals surface area contributed by atoms with Crippen LogP contribution in [-0.2, 0) is 26.2 Å². The third-order valence-corrected chi connectivity index (χ3v) is 8.83. The zero-order chi connectivity index (χ0) is 28.7. The molecule has 39 heavy (non-hydrogen) atoms. The Kier molecular flexibility index (Phi) is 10.2. The molecule has 7 nitrogen and oxygen atoms in total. The van der Waals surface area contributed by atoms with E-state index in [-0.39, 0.29) is 23.4 Å². The fraction of sp³-hybridized carbons (Fsp3) is 0.333. The van der Waals surface area contributed by atoms with Crippen molar-refractivity contribution in [3.05, 3.63) is 94.5 Å². The van der Waals surface area contributed by atoms with E-state index in [0.29, 0.717) is 16.3 Å². The molecule has 0 aliphatic rings. The maximum absolute atomic E-state index is 13.9. The molecule has 0 spiro atoms. The number of halogens is 1. The summed E-state index contributed by atoms with van der Waals surface area (Å²) in [4.78, 5) is 28.5. The summed E-state index contributed by atoms with van der Waals surface area (Å²) < 4.78 is 28.8. The lowest BCUT2D eigenvalue weighted by molar-refractivity contribution is -0.139. The molecule has 0 bridgehead atoms. The molecule has 0 radical (unpaired) electrons. The van der Waals surface area contributed by atoms with Crippen LogP contribution in [0.15, 0.2) is 77.7 Å². The van der Waals surface area contributed by atoms with E-state index in [1.807, 2.05) is 27.7 Å². The Hall–Kier alpha value is -3.36. The highest BCUT2D eigenvalue weighted by molar-refractivity contribution is 7.92. The first-order valence-corrected chi connectivity index (χ1v) is 14.7. The molecular formula is C30H36ClN3O4S. The molecule has 3 aromatic carbocycles. The van der Waals surface area contributed by atoms with E-state index >= 15 is 0 Å². The Bertz CT molecular complexity index is 1390. The van der Waals surface area contributed by atoms with Gasteiger partial charge in [0.2, 0.25) is 11.8 Å². The second-order valence-corrected chi connectivity index (χ2v) is 12.0. The highest BCUT2D eigenvalue weighted by Gasteiger charge is 2.33. The number of carbonyl (C=O) groups excluding carboxylic acids is 2. The van der Waals surface area contributed by atoms with E-state index in [2.05, 4.69) is 5.32 Å². The number of hydrogen-bond acceptors (Lipinski definition) is 4. The van der Waals surface area contributed by atoms with Crippen molar-refractivity contribution < 1.29 is 18.0 Å². The Labute approximate surface area is 236 Å². The maximum atomic E-state index is 13.9. The first-order valence-electron chi connectivity index (χ1n) is 12.9. The fourth-order valence-corrected chi connectivity index (χ4v) is 5.55. The fourth-order valence-electron chi connectivity index (χ4n) is 3.94. The Morgan fingerprint density at radius 3 is 2.03 bits per heavy atom. The van der Waals surface area contributed by atoms with Crippen LogP contribution in [0.4, 0.5) is 5.69 Å². The highest BCUT2D eigenvalue weighted by Crippen LogP contribution is 2.26. The molecule has 208 valence electrons. The number of rotatable bonds is 11. The average Bonchev–Trinajstić information content (AvgIpc) is 2.91. The molecule has 2 atom stereocenters. The Morgan fingerprint density at radius 1 is 0.897 bits per heavy atom. The standard InChI is InChI=1S/C30H36ClN3O4S/c1-6-23(4)32-30(36)24(5)33(19-25-9-7-8-10-28(25)31)29(35)20-34(26-15-11-21(2)12-16-26)39(37,38)27-17-13-22(3)14-18-27/h7-18,23-24H,6,19-20H2,1-5H3,(H,32,36)/t23-,24+/m1/s1. The number of nitrogens with zero attached hydrogens (tertiary/aromatic N) is 2. The van der Waals surface area contributed by atoms with Crippen molar-refractivity contribution in [2.75, 3.05) is 10.8 Å². The molecule has 0 saturated carbocycles. The van der Waals surface area contributed by atoms with Gasteiger partial charge in [-0.15, -0.1) is 0 Å². The van der Waals surface area contributed by atoms with Gasteiger partial charge in [0.05, 0.1) is 10.6 Å². The van der Waals surface area contributed by atoms with Gasteiger partial charge in [0.15, 0.2) is 0 Å². The first-order chi connectivity index (χ1) is 18.4. The minimum atomic E-state index is -4.10. The van der Waals surface area contributed by atoms with E-state index in [1.54, 1.807) is 67.6 Å². The predicted molar refractivity (Wildman–Crippen MR) is 156 cm³/mol. The Morgan fingerprint density at radius 2 is 1.46 bits per heavy atom. The second kappa shape index (κ2) is 13.1. The summed E-state index contributed by atoms with van der Waals surface area (Å²) in [6.45, 7) is 8.80. The average molecular weight is 570 g/mol. The quantitative estimate of drug-likeness (QED) is 0.331. The monoisotopic (exact) mass is 569 g/mol. The van der Waals surface area contributed by atoms with Crippen molar-refractivity contribution in [2.24, 2.45) is 0 Å². The summed E-state index contributed by atoms with van der Waals surface area (Å²) >= 11 is 6.40. The topological polar surface area (TPSA) is 86.8 Å². The molecule has 0 aliphatic carbocycles. The molecule has 0 unspecified atom stereocenters. The molecule has 3 rings (SSSR count). The van der Waals surface area contributed by atoms with Crippen LogP contribution in [-0.4, -0.2) is 43.8 Å². The molecule has 2 amide bonds. The van der Waals surface area contributed by atoms with Gasteiger partial charge < -0.3 is 10.2 Å². The van der Waals surface area contributed by atoms with Crippen molar-refractivity contribution in [3.63, 3.8) is 0 Å². The molecule has 0 aliphatic heterocycles. The predicted octanol–water partition coefficient (Wildman–Crippen LogP) is 5.48. The molecular weight excluding hydrogens is 534 g/mol. The van der Waals surface area contributed by atoms with Crippen LogP contribution in [0.5, 0.6) is 0 Å². The second-order valence-electron chi connectivity index (χ2n) is 9.77. The molecule has 0 saturated heterocycles. The van der Waals surface area contributed by atoms with Gasteiger partial charge >= 0.3 is 0 Å². The van der Waals surface area contributed by atoms with Crippen molar-refractivity contribution in [2.45, 2.75) is 64.6 Å².